The maximum Gasteiger partial charge on any atom is 0.251 e. The monoisotopic (exact) mass is 372 g/mol. The summed E-state index contributed by atoms with van der Waals surface area (Å²) in [4.78, 5) is 14.6. The highest BCUT2D eigenvalue weighted by molar-refractivity contribution is 14.1. The van der Waals surface area contributed by atoms with Crippen molar-refractivity contribution in [2.24, 2.45) is 0 Å². The Morgan fingerprint density at radius 1 is 1.32 bits per heavy atom. The van der Waals surface area contributed by atoms with Crippen LogP contribution < -0.4 is 5.32 Å². The van der Waals surface area contributed by atoms with Crippen LogP contribution in [0.25, 0.3) is 0 Å². The van der Waals surface area contributed by atoms with E-state index in [0.29, 0.717) is 6.04 Å². The van der Waals surface area contributed by atoms with Gasteiger partial charge in [0, 0.05) is 21.7 Å². The highest BCUT2D eigenvalue weighted by Gasteiger charge is 2.20. The second-order valence-corrected chi connectivity index (χ2v) is 6.27. The molecule has 1 atom stereocenters. The van der Waals surface area contributed by atoms with E-state index in [1.54, 1.807) is 0 Å². The molecule has 2 rings (SSSR count). The van der Waals surface area contributed by atoms with Gasteiger partial charge in [0.25, 0.3) is 5.91 Å². The lowest BCUT2D eigenvalue weighted by molar-refractivity contribution is 0.0937. The summed E-state index contributed by atoms with van der Waals surface area (Å²) in [5.41, 5.74) is 0.747. The van der Waals surface area contributed by atoms with Crippen molar-refractivity contribution in [3.05, 3.63) is 33.4 Å². The molecule has 0 spiro atoms. The fourth-order valence-corrected chi connectivity index (χ4v) is 2.91. The molecule has 19 heavy (non-hydrogen) atoms. The molecule has 0 radical (unpaired) electrons. The van der Waals surface area contributed by atoms with Crippen LogP contribution in [0.1, 0.15) is 36.5 Å². The van der Waals surface area contributed by atoms with Crippen molar-refractivity contribution >= 4 is 28.5 Å². The molecule has 1 fully saturated rings. The highest BCUT2D eigenvalue weighted by atomic mass is 127. The molecule has 1 heterocycles. The number of halogens is 1. The minimum absolute atomic E-state index is 0.0362. The SMILES string of the molecule is CC[C@H](CNC(=O)c1ccc(I)cc1)N1CCCC1. The molecular formula is C15H21IN2O. The number of hydrogen-bond donors (Lipinski definition) is 1. The van der Waals surface area contributed by atoms with Gasteiger partial charge < -0.3 is 5.32 Å². The second kappa shape index (κ2) is 7.24. The van der Waals surface area contributed by atoms with Gasteiger partial charge in [0.05, 0.1) is 0 Å². The lowest BCUT2D eigenvalue weighted by atomic mass is 10.1. The van der Waals surface area contributed by atoms with E-state index >= 15 is 0 Å². The number of amides is 1. The fraction of sp³-hybridized carbons (Fsp3) is 0.533. The quantitative estimate of drug-likeness (QED) is 0.807. The Morgan fingerprint density at radius 3 is 2.53 bits per heavy atom. The number of hydrogen-bond acceptors (Lipinski definition) is 2. The van der Waals surface area contributed by atoms with E-state index in [1.165, 1.54) is 25.9 Å². The molecule has 1 aliphatic heterocycles. The number of nitrogens with zero attached hydrogens (tertiary/aromatic N) is 1. The van der Waals surface area contributed by atoms with Gasteiger partial charge in [-0.3, -0.25) is 9.69 Å². The molecule has 1 aromatic carbocycles. The van der Waals surface area contributed by atoms with Crippen LogP contribution in [0.4, 0.5) is 0 Å². The molecule has 1 aliphatic rings. The lowest BCUT2D eigenvalue weighted by Crippen LogP contribution is -2.42. The zero-order chi connectivity index (χ0) is 13.7. The van der Waals surface area contributed by atoms with E-state index in [1.807, 2.05) is 24.3 Å². The van der Waals surface area contributed by atoms with Crippen molar-refractivity contribution in [3.8, 4) is 0 Å². The van der Waals surface area contributed by atoms with Gasteiger partial charge in [-0.2, -0.15) is 0 Å². The van der Waals surface area contributed by atoms with E-state index < -0.39 is 0 Å². The molecule has 4 heteroatoms. The average molecular weight is 372 g/mol. The Labute approximate surface area is 128 Å². The minimum atomic E-state index is 0.0362. The summed E-state index contributed by atoms with van der Waals surface area (Å²) >= 11 is 2.25. The Bertz CT molecular complexity index is 413. The third-order valence-corrected chi connectivity index (χ3v) is 4.45. The predicted octanol–water partition coefficient (Wildman–Crippen LogP) is 2.90. The smallest absolute Gasteiger partial charge is 0.251 e. The maximum absolute atomic E-state index is 12.1. The first-order valence-corrected chi connectivity index (χ1v) is 8.06. The molecule has 3 nitrogen and oxygen atoms in total. The third-order valence-electron chi connectivity index (χ3n) is 3.73. The Hall–Kier alpha value is -0.620. The van der Waals surface area contributed by atoms with Crippen molar-refractivity contribution in [2.45, 2.75) is 32.2 Å². The zero-order valence-electron chi connectivity index (χ0n) is 11.4. The summed E-state index contributed by atoms with van der Waals surface area (Å²) in [7, 11) is 0. The normalized spacial score (nSPS) is 17.4. The summed E-state index contributed by atoms with van der Waals surface area (Å²) in [6, 6.07) is 8.18. The van der Waals surface area contributed by atoms with Gasteiger partial charge in [-0.25, -0.2) is 0 Å². The standard InChI is InChI=1S/C15H21IN2O/c1-2-14(18-9-3-4-10-18)11-17-15(19)12-5-7-13(16)8-6-12/h5-8,14H,2-4,9-11H2,1H3,(H,17,19)/t14-/m1/s1. The van der Waals surface area contributed by atoms with Gasteiger partial charge in [-0.05, 0) is 79.2 Å². The first kappa shape index (κ1) is 14.8. The Balaban J connectivity index is 1.86. The summed E-state index contributed by atoms with van der Waals surface area (Å²) in [5.74, 6) is 0.0362. The van der Waals surface area contributed by atoms with Gasteiger partial charge in [-0.1, -0.05) is 6.92 Å². The van der Waals surface area contributed by atoms with Crippen molar-refractivity contribution < 1.29 is 4.79 Å². The number of carbonyl (C=O) groups excluding carboxylic acids is 1. The Morgan fingerprint density at radius 2 is 1.95 bits per heavy atom. The third kappa shape index (κ3) is 4.18. The fourth-order valence-electron chi connectivity index (χ4n) is 2.55. The van der Waals surface area contributed by atoms with Crippen molar-refractivity contribution in [1.82, 2.24) is 10.2 Å². The largest absolute Gasteiger partial charge is 0.350 e. The highest BCUT2D eigenvalue weighted by Crippen LogP contribution is 2.13. The number of rotatable bonds is 5. The van der Waals surface area contributed by atoms with Crippen molar-refractivity contribution in [2.75, 3.05) is 19.6 Å². The van der Waals surface area contributed by atoms with Crippen LogP contribution in [-0.2, 0) is 0 Å². The summed E-state index contributed by atoms with van der Waals surface area (Å²) in [6.07, 6.45) is 3.68. The van der Waals surface area contributed by atoms with Crippen LogP contribution in [0.3, 0.4) is 0 Å². The van der Waals surface area contributed by atoms with Crippen LogP contribution in [0.15, 0.2) is 24.3 Å². The van der Waals surface area contributed by atoms with Gasteiger partial charge in [-0.15, -0.1) is 0 Å². The second-order valence-electron chi connectivity index (χ2n) is 5.02. The van der Waals surface area contributed by atoms with E-state index in [-0.39, 0.29) is 5.91 Å². The van der Waals surface area contributed by atoms with Crippen LogP contribution in [0.5, 0.6) is 0 Å². The first-order valence-electron chi connectivity index (χ1n) is 6.98. The molecule has 0 aliphatic carbocycles. The van der Waals surface area contributed by atoms with Gasteiger partial charge in [0.15, 0.2) is 0 Å². The lowest BCUT2D eigenvalue weighted by Gasteiger charge is -2.26. The topological polar surface area (TPSA) is 32.3 Å². The molecule has 0 bridgehead atoms. The molecule has 0 aromatic heterocycles. The number of benzene rings is 1. The van der Waals surface area contributed by atoms with E-state index in [2.05, 4.69) is 39.7 Å². The zero-order valence-corrected chi connectivity index (χ0v) is 13.5. The van der Waals surface area contributed by atoms with Crippen LogP contribution in [0.2, 0.25) is 0 Å². The van der Waals surface area contributed by atoms with Crippen molar-refractivity contribution in [3.63, 3.8) is 0 Å². The minimum Gasteiger partial charge on any atom is -0.350 e. The molecule has 1 amide bonds. The summed E-state index contributed by atoms with van der Waals surface area (Å²) in [6.45, 7) is 5.30. The molecular weight excluding hydrogens is 351 g/mol. The van der Waals surface area contributed by atoms with E-state index in [4.69, 9.17) is 0 Å². The number of likely N-dealkylation sites (tertiary alicyclic amines) is 1. The van der Waals surface area contributed by atoms with Crippen LogP contribution >= 0.6 is 22.6 Å². The average Bonchev–Trinajstić information content (AvgIpc) is 2.94. The molecule has 1 saturated heterocycles. The number of carbonyl (C=O) groups is 1. The molecule has 1 N–H and O–H groups in total. The predicted molar refractivity (Wildman–Crippen MR) is 86.4 cm³/mol. The summed E-state index contributed by atoms with van der Waals surface area (Å²) in [5, 5.41) is 3.06. The maximum atomic E-state index is 12.1. The molecule has 1 aromatic rings. The molecule has 0 saturated carbocycles. The molecule has 104 valence electrons. The first-order chi connectivity index (χ1) is 9.20. The van der Waals surface area contributed by atoms with E-state index in [9.17, 15) is 4.79 Å². The van der Waals surface area contributed by atoms with Gasteiger partial charge in [0.1, 0.15) is 0 Å². The Kier molecular flexibility index (Phi) is 5.63. The van der Waals surface area contributed by atoms with Crippen LogP contribution in [-0.4, -0.2) is 36.5 Å². The van der Waals surface area contributed by atoms with Crippen molar-refractivity contribution in [1.29, 1.82) is 0 Å². The number of nitrogens with one attached hydrogen (secondary N) is 1. The van der Waals surface area contributed by atoms with E-state index in [0.717, 1.165) is 22.1 Å². The van der Waals surface area contributed by atoms with Crippen LogP contribution in [0, 0.1) is 3.57 Å². The summed E-state index contributed by atoms with van der Waals surface area (Å²) < 4.78 is 1.15. The van der Waals surface area contributed by atoms with Gasteiger partial charge >= 0.3 is 0 Å². The molecule has 0 unspecified atom stereocenters. The van der Waals surface area contributed by atoms with Gasteiger partial charge in [0.2, 0.25) is 0 Å².